The second kappa shape index (κ2) is 7.99. The molecule has 2 fully saturated rings. The van der Waals surface area contributed by atoms with Gasteiger partial charge < -0.3 is 9.84 Å². The fourth-order valence-electron chi connectivity index (χ4n) is 3.59. The average molecular weight is 403 g/mol. The second-order valence-corrected chi connectivity index (χ2v) is 8.39. The quantitative estimate of drug-likeness (QED) is 0.717. The zero-order valence-corrected chi connectivity index (χ0v) is 14.7. The Morgan fingerprint density at radius 2 is 2.19 bits per heavy atom. The summed E-state index contributed by atoms with van der Waals surface area (Å²) in [6.45, 7) is 2.72. The molecule has 2 aliphatic heterocycles. The van der Waals surface area contributed by atoms with Crippen LogP contribution in [0.3, 0.4) is 0 Å². The first-order valence-electron chi connectivity index (χ1n) is 8.17. The van der Waals surface area contributed by atoms with Gasteiger partial charge in [0.2, 0.25) is 0 Å². The number of β-amino-alcohol motifs (C(OH)–C–C–N with tert-alkyl or cyclic N) is 1. The van der Waals surface area contributed by atoms with Gasteiger partial charge in [0.25, 0.3) is 0 Å². The van der Waals surface area contributed by atoms with Crippen LogP contribution in [0.25, 0.3) is 0 Å². The number of aliphatic hydroxyl groups is 1. The summed E-state index contributed by atoms with van der Waals surface area (Å²) in [5.41, 5.74) is 1.41. The highest BCUT2D eigenvalue weighted by Gasteiger charge is 2.34. The number of halogens is 1. The van der Waals surface area contributed by atoms with E-state index in [0.717, 1.165) is 32.5 Å². The van der Waals surface area contributed by atoms with E-state index in [2.05, 4.69) is 25.1 Å². The van der Waals surface area contributed by atoms with Crippen LogP contribution in [0.1, 0.15) is 38.5 Å². The number of hydrogen-bond acceptors (Lipinski definition) is 3. The lowest BCUT2D eigenvalue weighted by Gasteiger charge is -2.37. The molecule has 0 amide bonds. The summed E-state index contributed by atoms with van der Waals surface area (Å²) in [5.74, 6) is 0. The van der Waals surface area contributed by atoms with Crippen molar-refractivity contribution >= 4 is 24.7 Å². The minimum Gasteiger partial charge on any atom is -0.392 e. The largest absolute Gasteiger partial charge is 0.392 e. The molecule has 3 nitrogen and oxygen atoms in total. The van der Waals surface area contributed by atoms with Crippen LogP contribution in [0.15, 0.2) is 21.8 Å². The van der Waals surface area contributed by atoms with Gasteiger partial charge in [-0.2, -0.15) is 0 Å². The van der Waals surface area contributed by atoms with E-state index in [-0.39, 0.29) is 26.8 Å². The Labute approximate surface area is 137 Å². The number of ether oxygens (including phenoxy) is 1. The van der Waals surface area contributed by atoms with Crippen molar-refractivity contribution in [3.05, 3.63) is 21.8 Å². The lowest BCUT2D eigenvalue weighted by atomic mass is 9.91. The third-order valence-corrected chi connectivity index (χ3v) is 6.30. The smallest absolute Gasteiger partial charge is 0.0730 e. The van der Waals surface area contributed by atoms with Crippen LogP contribution >= 0.6 is 20.7 Å². The summed E-state index contributed by atoms with van der Waals surface area (Å²) in [6.07, 6.45) is 11.8. The molecule has 3 atom stereocenters. The maximum Gasteiger partial charge on any atom is 0.0730 e. The highest BCUT2D eigenvalue weighted by Crippen LogP contribution is 2.28. The Morgan fingerprint density at radius 1 is 1.29 bits per heavy atom. The lowest BCUT2D eigenvalue weighted by Crippen LogP contribution is -2.46. The number of nitrogens with zero attached hydrogens (tertiary/aromatic N) is 1. The van der Waals surface area contributed by atoms with Gasteiger partial charge in [0.1, 0.15) is 0 Å². The number of rotatable bonds is 5. The van der Waals surface area contributed by atoms with Crippen LogP contribution in [-0.4, -0.2) is 52.0 Å². The van der Waals surface area contributed by atoms with Crippen molar-refractivity contribution in [1.29, 1.82) is 0 Å². The van der Waals surface area contributed by atoms with Gasteiger partial charge in [0.15, 0.2) is 0 Å². The first-order valence-corrected chi connectivity index (χ1v) is 10.7. The molecule has 4 heteroatoms. The van der Waals surface area contributed by atoms with Crippen LogP contribution < -0.4 is 0 Å². The van der Waals surface area contributed by atoms with Crippen LogP contribution in [0.4, 0.5) is 0 Å². The van der Waals surface area contributed by atoms with Gasteiger partial charge in [-0.05, 0) is 39.4 Å². The molecule has 1 aliphatic carbocycles. The van der Waals surface area contributed by atoms with E-state index in [1.54, 1.807) is 0 Å². The highest BCUT2D eigenvalue weighted by atomic mass is 127. The molecule has 118 valence electrons. The minimum absolute atomic E-state index is 0.121. The summed E-state index contributed by atoms with van der Waals surface area (Å²) in [6, 6.07) is 0.532. The van der Waals surface area contributed by atoms with E-state index in [1.165, 1.54) is 31.3 Å². The molecule has 3 aliphatic rings. The van der Waals surface area contributed by atoms with Crippen LogP contribution in [0.2, 0.25) is 0 Å². The van der Waals surface area contributed by atoms with Crippen LogP contribution in [0, 0.1) is 0 Å². The second-order valence-electron chi connectivity index (χ2n) is 6.23. The molecule has 3 rings (SSSR count). The Kier molecular flexibility index (Phi) is 6.03. The summed E-state index contributed by atoms with van der Waals surface area (Å²) in [4.78, 5) is 2.46. The molecule has 21 heavy (non-hydrogen) atoms. The van der Waals surface area contributed by atoms with Gasteiger partial charge in [0, 0.05) is 19.1 Å². The van der Waals surface area contributed by atoms with Crippen molar-refractivity contribution in [3.63, 3.8) is 0 Å². The van der Waals surface area contributed by atoms with Gasteiger partial charge in [-0.15, -0.1) is 0 Å². The minimum atomic E-state index is -0.121. The normalized spacial score (nSPS) is 33.8. The first-order chi connectivity index (χ1) is 10.3. The maximum atomic E-state index is 9.76. The molecular formula is C17H26INO2. The molecule has 0 bridgehead atoms. The van der Waals surface area contributed by atoms with E-state index >= 15 is 0 Å². The van der Waals surface area contributed by atoms with Crippen molar-refractivity contribution in [2.24, 2.45) is 0 Å². The van der Waals surface area contributed by atoms with Crippen molar-refractivity contribution in [2.75, 3.05) is 19.7 Å². The van der Waals surface area contributed by atoms with E-state index in [0.29, 0.717) is 12.1 Å². The Hall–Kier alpha value is -0.0400. The zero-order chi connectivity index (χ0) is 14.5. The maximum absolute atomic E-state index is 9.76. The van der Waals surface area contributed by atoms with Crippen molar-refractivity contribution in [2.45, 2.75) is 56.8 Å². The number of likely N-dealkylation sites (tertiary alicyclic amines) is 1. The molecule has 0 aromatic carbocycles. The Morgan fingerprint density at radius 3 is 2.95 bits per heavy atom. The molecule has 2 heterocycles. The average Bonchev–Trinajstić information content (AvgIpc) is 2.95. The van der Waals surface area contributed by atoms with Gasteiger partial charge in [-0.25, -0.2) is 0 Å². The molecule has 0 radical (unpaired) electrons. The molecule has 1 saturated carbocycles. The van der Waals surface area contributed by atoms with Crippen molar-refractivity contribution < 1.29 is 9.84 Å². The van der Waals surface area contributed by atoms with E-state index in [4.69, 9.17) is 4.74 Å². The Bertz CT molecular complexity index is 433. The predicted molar refractivity (Wildman–Crippen MR) is 96.1 cm³/mol. The fraction of sp³-hybridized carbons (Fsp3) is 0.706. The fourth-order valence-corrected chi connectivity index (χ4v) is 5.16. The number of allylic oxidation sites excluding steroid dienone is 2. The standard InChI is InChI=1S/C17H26INO2/c20-15-7-11-19(13-15)16-3-1-2-4-17(16)21-12-8-14-5-9-18-10-6-14/h5-6,9-10,15-17,20H,1-4,7-8,11-13H2/t15-,16-,17-/m0/s1. The number of aliphatic hydroxyl groups excluding tert-OH is 1. The number of hydrogen-bond donors (Lipinski definition) is 1. The Balaban J connectivity index is 1.49. The third-order valence-electron chi connectivity index (χ3n) is 4.75. The van der Waals surface area contributed by atoms with Gasteiger partial charge in [-0.1, -0.05) is 45.7 Å². The summed E-state index contributed by atoms with van der Waals surface area (Å²) >= 11 is 0.187. The molecule has 1 saturated heterocycles. The third kappa shape index (κ3) is 4.47. The van der Waals surface area contributed by atoms with E-state index in [9.17, 15) is 5.11 Å². The van der Waals surface area contributed by atoms with Gasteiger partial charge in [0.05, 0.1) is 18.8 Å². The SMILES string of the molecule is O[C@H]1CCN([C@H]2CCCC[C@@H]2OCCC2=CC=IC=C2)C1. The summed E-state index contributed by atoms with van der Waals surface area (Å²) < 4.78 is 10.9. The molecule has 0 aromatic rings. The lowest BCUT2D eigenvalue weighted by molar-refractivity contribution is -0.0314. The zero-order valence-electron chi connectivity index (χ0n) is 12.6. The molecular weight excluding hydrogens is 377 g/mol. The topological polar surface area (TPSA) is 32.7 Å². The van der Waals surface area contributed by atoms with Gasteiger partial charge in [-0.3, -0.25) is 4.90 Å². The van der Waals surface area contributed by atoms with E-state index < -0.39 is 0 Å². The van der Waals surface area contributed by atoms with Crippen LogP contribution in [0.5, 0.6) is 0 Å². The first kappa shape index (κ1) is 15.8. The predicted octanol–water partition coefficient (Wildman–Crippen LogP) is 3.00. The van der Waals surface area contributed by atoms with Crippen LogP contribution in [-0.2, 0) is 4.74 Å². The highest BCUT2D eigenvalue weighted by molar-refractivity contribution is 14.2. The monoisotopic (exact) mass is 403 g/mol. The van der Waals surface area contributed by atoms with Gasteiger partial charge >= 0.3 is 0 Å². The summed E-state index contributed by atoms with van der Waals surface area (Å²) in [7, 11) is 0. The van der Waals surface area contributed by atoms with Crippen molar-refractivity contribution in [1.82, 2.24) is 4.90 Å². The molecule has 1 N–H and O–H groups in total. The summed E-state index contributed by atoms with van der Waals surface area (Å²) in [5, 5.41) is 9.76. The van der Waals surface area contributed by atoms with Crippen molar-refractivity contribution in [3.8, 4) is 0 Å². The molecule has 0 aromatic heterocycles. The molecule has 0 spiro atoms. The molecule has 0 unspecified atom stereocenters. The van der Waals surface area contributed by atoms with E-state index in [1.807, 2.05) is 0 Å².